The zero-order valence-electron chi connectivity index (χ0n) is 14.1. The lowest BCUT2D eigenvalue weighted by molar-refractivity contribution is -0.122. The molecular weight excluding hydrogens is 316 g/mol. The van der Waals surface area contributed by atoms with E-state index in [1.165, 1.54) is 0 Å². The Kier molecular flexibility index (Phi) is 4.09. The van der Waals surface area contributed by atoms with Gasteiger partial charge in [-0.25, -0.2) is 0 Å². The zero-order chi connectivity index (χ0) is 17.2. The molecule has 0 spiro atoms. The van der Waals surface area contributed by atoms with Crippen LogP contribution in [0.5, 0.6) is 5.75 Å². The maximum absolute atomic E-state index is 12.5. The van der Waals surface area contributed by atoms with Gasteiger partial charge in [0.05, 0.1) is 0 Å². The van der Waals surface area contributed by atoms with Crippen LogP contribution in [0.1, 0.15) is 25.6 Å². The number of fused-ring (bicyclic) bond motifs is 2. The fraction of sp³-hybridized carbons (Fsp3) is 0.316. The van der Waals surface area contributed by atoms with E-state index in [4.69, 9.17) is 4.74 Å². The van der Waals surface area contributed by atoms with E-state index in [2.05, 4.69) is 15.5 Å². The third-order valence-electron chi connectivity index (χ3n) is 4.52. The number of aryl methyl sites for hydroxylation is 1. The number of ether oxygens (including phenoxy) is 1. The number of anilines is 1. The van der Waals surface area contributed by atoms with E-state index < -0.39 is 6.10 Å². The number of rotatable bonds is 4. The first-order valence-electron chi connectivity index (χ1n) is 8.60. The second kappa shape index (κ2) is 6.55. The van der Waals surface area contributed by atoms with Gasteiger partial charge in [0.1, 0.15) is 11.6 Å². The Bertz CT molecular complexity index is 913. The van der Waals surface area contributed by atoms with E-state index in [1.54, 1.807) is 6.92 Å². The maximum atomic E-state index is 12.5. The fourth-order valence-electron chi connectivity index (χ4n) is 3.15. The largest absolute Gasteiger partial charge is 0.480 e. The van der Waals surface area contributed by atoms with Crippen LogP contribution in [0.3, 0.4) is 0 Å². The summed E-state index contributed by atoms with van der Waals surface area (Å²) < 4.78 is 7.89. The van der Waals surface area contributed by atoms with Crippen molar-refractivity contribution >= 4 is 22.6 Å². The number of nitrogens with one attached hydrogen (secondary N) is 1. The Balaban J connectivity index is 1.50. The average molecular weight is 336 g/mol. The lowest BCUT2D eigenvalue weighted by Crippen LogP contribution is -2.31. The minimum absolute atomic E-state index is 0.228. The molecule has 25 heavy (non-hydrogen) atoms. The molecule has 1 atom stereocenters. The van der Waals surface area contributed by atoms with Crippen LogP contribution >= 0.6 is 0 Å². The SMILES string of the molecule is CC(Oc1cccc2ccccc12)C(=O)Nc1nnc2n1CCCC2. The predicted octanol–water partition coefficient (Wildman–Crippen LogP) is 3.17. The highest BCUT2D eigenvalue weighted by Crippen LogP contribution is 2.26. The molecule has 1 aliphatic heterocycles. The van der Waals surface area contributed by atoms with Crippen LogP contribution in [0, 0.1) is 0 Å². The molecule has 0 bridgehead atoms. The quantitative estimate of drug-likeness (QED) is 0.794. The summed E-state index contributed by atoms with van der Waals surface area (Å²) in [5.74, 6) is 1.91. The number of carbonyl (C=O) groups is 1. The molecule has 6 nitrogen and oxygen atoms in total. The van der Waals surface area contributed by atoms with Crippen molar-refractivity contribution in [3.8, 4) is 5.75 Å². The van der Waals surface area contributed by atoms with Gasteiger partial charge in [0.25, 0.3) is 5.91 Å². The van der Waals surface area contributed by atoms with Crippen LogP contribution in [0.15, 0.2) is 42.5 Å². The van der Waals surface area contributed by atoms with E-state index in [9.17, 15) is 4.79 Å². The molecule has 128 valence electrons. The van der Waals surface area contributed by atoms with Crippen molar-refractivity contribution in [3.63, 3.8) is 0 Å². The molecule has 0 fully saturated rings. The van der Waals surface area contributed by atoms with Crippen molar-refractivity contribution in [2.24, 2.45) is 0 Å². The van der Waals surface area contributed by atoms with Crippen LogP contribution in [0.25, 0.3) is 10.8 Å². The van der Waals surface area contributed by atoms with Crippen LogP contribution in [0.2, 0.25) is 0 Å². The molecule has 2 heterocycles. The number of benzene rings is 2. The molecule has 1 aromatic heterocycles. The summed E-state index contributed by atoms with van der Waals surface area (Å²) in [7, 11) is 0. The lowest BCUT2D eigenvalue weighted by atomic mass is 10.1. The molecule has 1 aliphatic rings. The van der Waals surface area contributed by atoms with Crippen molar-refractivity contribution < 1.29 is 9.53 Å². The first kappa shape index (κ1) is 15.6. The Morgan fingerprint density at radius 1 is 1.16 bits per heavy atom. The second-order valence-corrected chi connectivity index (χ2v) is 6.28. The Morgan fingerprint density at radius 3 is 2.92 bits per heavy atom. The Labute approximate surface area is 145 Å². The van der Waals surface area contributed by atoms with Gasteiger partial charge >= 0.3 is 0 Å². The van der Waals surface area contributed by atoms with Crippen molar-refractivity contribution in [1.29, 1.82) is 0 Å². The third-order valence-corrected chi connectivity index (χ3v) is 4.52. The standard InChI is InChI=1S/C19H20N4O2/c1-13(25-16-10-6-8-14-7-2-3-9-15(14)16)18(24)20-19-22-21-17-11-4-5-12-23(17)19/h2-3,6-10,13H,4-5,11-12H2,1H3,(H,20,22,24). The van der Waals surface area contributed by atoms with Gasteiger partial charge < -0.3 is 4.74 Å². The number of aromatic nitrogens is 3. The predicted molar refractivity (Wildman–Crippen MR) is 95.6 cm³/mol. The Hall–Kier alpha value is -2.89. The highest BCUT2D eigenvalue weighted by molar-refractivity contribution is 5.93. The minimum Gasteiger partial charge on any atom is -0.480 e. The third kappa shape index (κ3) is 3.07. The monoisotopic (exact) mass is 336 g/mol. The van der Waals surface area contributed by atoms with Crippen molar-refractivity contribution in [2.75, 3.05) is 5.32 Å². The normalized spacial score (nSPS) is 14.8. The van der Waals surface area contributed by atoms with Gasteiger partial charge in [0.15, 0.2) is 6.10 Å². The van der Waals surface area contributed by atoms with Gasteiger partial charge in [0.2, 0.25) is 5.95 Å². The second-order valence-electron chi connectivity index (χ2n) is 6.28. The van der Waals surface area contributed by atoms with Gasteiger partial charge in [0, 0.05) is 18.4 Å². The highest BCUT2D eigenvalue weighted by atomic mass is 16.5. The summed E-state index contributed by atoms with van der Waals surface area (Å²) >= 11 is 0. The molecule has 1 amide bonds. The van der Waals surface area contributed by atoms with Crippen LogP contribution < -0.4 is 10.1 Å². The van der Waals surface area contributed by atoms with Crippen LogP contribution in [0.4, 0.5) is 5.95 Å². The average Bonchev–Trinajstić information content (AvgIpc) is 3.05. The summed E-state index contributed by atoms with van der Waals surface area (Å²) in [4.78, 5) is 12.5. The summed E-state index contributed by atoms with van der Waals surface area (Å²) in [6, 6.07) is 13.8. The topological polar surface area (TPSA) is 69.0 Å². The summed E-state index contributed by atoms with van der Waals surface area (Å²) in [6.07, 6.45) is 2.47. The minimum atomic E-state index is -0.637. The van der Waals surface area contributed by atoms with Crippen molar-refractivity contribution in [3.05, 3.63) is 48.3 Å². The first-order chi connectivity index (χ1) is 12.2. The first-order valence-corrected chi connectivity index (χ1v) is 8.60. The molecule has 6 heteroatoms. The summed E-state index contributed by atoms with van der Waals surface area (Å²) in [5, 5.41) is 13.2. The molecule has 0 saturated carbocycles. The Morgan fingerprint density at radius 2 is 2.00 bits per heavy atom. The van der Waals surface area contributed by atoms with E-state index in [1.807, 2.05) is 47.0 Å². The van der Waals surface area contributed by atoms with E-state index >= 15 is 0 Å². The number of hydrogen-bond acceptors (Lipinski definition) is 4. The van der Waals surface area contributed by atoms with E-state index in [0.717, 1.165) is 42.4 Å². The lowest BCUT2D eigenvalue weighted by Gasteiger charge is -2.18. The van der Waals surface area contributed by atoms with Crippen LogP contribution in [-0.4, -0.2) is 26.8 Å². The van der Waals surface area contributed by atoms with Crippen molar-refractivity contribution in [1.82, 2.24) is 14.8 Å². The molecule has 0 saturated heterocycles. The molecule has 1 unspecified atom stereocenters. The van der Waals surface area contributed by atoms with E-state index in [-0.39, 0.29) is 5.91 Å². The highest BCUT2D eigenvalue weighted by Gasteiger charge is 2.21. The van der Waals surface area contributed by atoms with Gasteiger partial charge in [-0.3, -0.25) is 14.7 Å². The number of hydrogen-bond donors (Lipinski definition) is 1. The summed E-state index contributed by atoms with van der Waals surface area (Å²) in [5.41, 5.74) is 0. The smallest absolute Gasteiger partial charge is 0.267 e. The number of nitrogens with zero attached hydrogens (tertiary/aromatic N) is 3. The van der Waals surface area contributed by atoms with Crippen LogP contribution in [-0.2, 0) is 17.8 Å². The molecule has 0 radical (unpaired) electrons. The number of amides is 1. The molecule has 4 rings (SSSR count). The molecule has 0 aliphatic carbocycles. The maximum Gasteiger partial charge on any atom is 0.267 e. The molecule has 3 aromatic rings. The number of carbonyl (C=O) groups excluding carboxylic acids is 1. The molecular formula is C19H20N4O2. The van der Waals surface area contributed by atoms with Gasteiger partial charge in [-0.2, -0.15) is 0 Å². The molecule has 1 N–H and O–H groups in total. The van der Waals surface area contributed by atoms with Gasteiger partial charge in [-0.15, -0.1) is 10.2 Å². The zero-order valence-corrected chi connectivity index (χ0v) is 14.1. The van der Waals surface area contributed by atoms with Gasteiger partial charge in [-0.05, 0) is 31.2 Å². The summed E-state index contributed by atoms with van der Waals surface area (Å²) in [6.45, 7) is 2.58. The van der Waals surface area contributed by atoms with E-state index in [0.29, 0.717) is 11.7 Å². The fourth-order valence-corrected chi connectivity index (χ4v) is 3.15. The van der Waals surface area contributed by atoms with Gasteiger partial charge in [-0.1, -0.05) is 36.4 Å². The molecule has 2 aromatic carbocycles. The van der Waals surface area contributed by atoms with Crippen molar-refractivity contribution in [2.45, 2.75) is 38.8 Å².